The quantitative estimate of drug-likeness (QED) is 0.770. The molecule has 0 atom stereocenters. The fourth-order valence-electron chi connectivity index (χ4n) is 3.60. The molecule has 1 aliphatic rings. The molecule has 0 saturated carbocycles. The fourth-order valence-corrected chi connectivity index (χ4v) is 3.60. The SMILES string of the molecule is CC(C)(C)c1ccc(CCC(=O)NCc2ccccc2CN2CCOCC2)cc1. The van der Waals surface area contributed by atoms with E-state index in [2.05, 4.69) is 73.5 Å². The Hall–Kier alpha value is -2.17. The molecule has 0 aromatic heterocycles. The molecule has 29 heavy (non-hydrogen) atoms. The minimum absolute atomic E-state index is 0.103. The number of aryl methyl sites for hydroxylation is 1. The first-order valence-electron chi connectivity index (χ1n) is 10.6. The van der Waals surface area contributed by atoms with Gasteiger partial charge in [-0.25, -0.2) is 0 Å². The zero-order valence-corrected chi connectivity index (χ0v) is 18.0. The zero-order valence-electron chi connectivity index (χ0n) is 18.0. The maximum atomic E-state index is 12.4. The van der Waals surface area contributed by atoms with Crippen LogP contribution in [0.1, 0.15) is 49.4 Å². The van der Waals surface area contributed by atoms with Gasteiger partial charge in [0.1, 0.15) is 0 Å². The predicted octanol–water partition coefficient (Wildman–Crippen LogP) is 4.07. The Morgan fingerprint density at radius 2 is 1.66 bits per heavy atom. The van der Waals surface area contributed by atoms with Crippen molar-refractivity contribution in [3.8, 4) is 0 Å². The molecule has 156 valence electrons. The molecule has 1 amide bonds. The molecule has 1 aliphatic heterocycles. The van der Waals surface area contributed by atoms with Crippen LogP contribution in [0.15, 0.2) is 48.5 Å². The van der Waals surface area contributed by atoms with Gasteiger partial charge in [0.05, 0.1) is 13.2 Å². The van der Waals surface area contributed by atoms with Crippen molar-refractivity contribution in [3.05, 3.63) is 70.8 Å². The Labute approximate surface area is 175 Å². The number of hydrogen-bond donors (Lipinski definition) is 1. The number of carbonyl (C=O) groups is 1. The van der Waals surface area contributed by atoms with E-state index in [0.717, 1.165) is 39.3 Å². The fraction of sp³-hybridized carbons (Fsp3) is 0.480. The van der Waals surface area contributed by atoms with Crippen LogP contribution in [0.25, 0.3) is 0 Å². The molecule has 0 bridgehead atoms. The van der Waals surface area contributed by atoms with Gasteiger partial charge >= 0.3 is 0 Å². The molecule has 3 rings (SSSR count). The lowest BCUT2D eigenvalue weighted by Crippen LogP contribution is -2.36. The van der Waals surface area contributed by atoms with Crippen LogP contribution >= 0.6 is 0 Å². The third-order valence-corrected chi connectivity index (χ3v) is 5.55. The average Bonchev–Trinajstić information content (AvgIpc) is 2.72. The molecule has 0 aliphatic carbocycles. The summed E-state index contributed by atoms with van der Waals surface area (Å²) < 4.78 is 5.43. The smallest absolute Gasteiger partial charge is 0.220 e. The van der Waals surface area contributed by atoms with Crippen molar-refractivity contribution in [2.45, 2.75) is 52.1 Å². The van der Waals surface area contributed by atoms with E-state index in [4.69, 9.17) is 4.74 Å². The van der Waals surface area contributed by atoms with Crippen LogP contribution in [-0.4, -0.2) is 37.1 Å². The minimum Gasteiger partial charge on any atom is -0.379 e. The van der Waals surface area contributed by atoms with Crippen LogP contribution < -0.4 is 5.32 Å². The van der Waals surface area contributed by atoms with Crippen LogP contribution in [0.2, 0.25) is 0 Å². The van der Waals surface area contributed by atoms with E-state index in [1.165, 1.54) is 22.3 Å². The van der Waals surface area contributed by atoms with Gasteiger partial charge in [-0.3, -0.25) is 9.69 Å². The Morgan fingerprint density at radius 1 is 1.00 bits per heavy atom. The normalized spacial score (nSPS) is 15.3. The Morgan fingerprint density at radius 3 is 2.31 bits per heavy atom. The molecule has 1 heterocycles. The molecular weight excluding hydrogens is 360 g/mol. The summed E-state index contributed by atoms with van der Waals surface area (Å²) in [5.74, 6) is 0.103. The third kappa shape index (κ3) is 6.69. The van der Waals surface area contributed by atoms with Crippen LogP contribution in [0.4, 0.5) is 0 Å². The van der Waals surface area contributed by atoms with Gasteiger partial charge in [-0.05, 0) is 34.1 Å². The van der Waals surface area contributed by atoms with Crippen molar-refractivity contribution in [3.63, 3.8) is 0 Å². The number of carbonyl (C=O) groups excluding carboxylic acids is 1. The van der Waals surface area contributed by atoms with E-state index in [9.17, 15) is 4.79 Å². The van der Waals surface area contributed by atoms with Crippen LogP contribution in [-0.2, 0) is 34.5 Å². The minimum atomic E-state index is 0.103. The van der Waals surface area contributed by atoms with Gasteiger partial charge in [0.2, 0.25) is 5.91 Å². The van der Waals surface area contributed by atoms with Crippen molar-refractivity contribution < 1.29 is 9.53 Å². The molecule has 1 fully saturated rings. The number of hydrogen-bond acceptors (Lipinski definition) is 3. The number of nitrogens with zero attached hydrogens (tertiary/aromatic N) is 1. The first-order valence-corrected chi connectivity index (χ1v) is 10.6. The van der Waals surface area contributed by atoms with Crippen LogP contribution in [0.5, 0.6) is 0 Å². The zero-order chi connectivity index (χ0) is 20.7. The van der Waals surface area contributed by atoms with E-state index in [1.54, 1.807) is 0 Å². The Kier molecular flexibility index (Phi) is 7.45. The van der Waals surface area contributed by atoms with E-state index in [1.807, 2.05) is 6.07 Å². The van der Waals surface area contributed by atoms with Crippen molar-refractivity contribution >= 4 is 5.91 Å². The van der Waals surface area contributed by atoms with Crippen molar-refractivity contribution in [1.82, 2.24) is 10.2 Å². The average molecular weight is 395 g/mol. The lowest BCUT2D eigenvalue weighted by atomic mass is 9.86. The highest BCUT2D eigenvalue weighted by molar-refractivity contribution is 5.76. The summed E-state index contributed by atoms with van der Waals surface area (Å²) in [6.45, 7) is 11.7. The highest BCUT2D eigenvalue weighted by Gasteiger charge is 2.14. The standard InChI is InChI=1S/C25H34N2O2/c1-25(2,3)23-11-8-20(9-12-23)10-13-24(28)26-18-21-6-4-5-7-22(21)19-27-14-16-29-17-15-27/h4-9,11-12H,10,13-19H2,1-3H3,(H,26,28). The molecule has 0 unspecified atom stereocenters. The molecule has 1 N–H and O–H groups in total. The van der Waals surface area contributed by atoms with E-state index in [0.29, 0.717) is 13.0 Å². The van der Waals surface area contributed by atoms with Gasteiger partial charge in [-0.2, -0.15) is 0 Å². The first kappa shape index (κ1) is 21.5. The summed E-state index contributed by atoms with van der Waals surface area (Å²) in [5.41, 5.74) is 5.17. The van der Waals surface area contributed by atoms with Crippen molar-refractivity contribution in [2.24, 2.45) is 0 Å². The molecule has 0 spiro atoms. The number of amides is 1. The first-order chi connectivity index (χ1) is 13.9. The summed E-state index contributed by atoms with van der Waals surface area (Å²) in [5, 5.41) is 3.10. The number of nitrogens with one attached hydrogen (secondary N) is 1. The second-order valence-electron chi connectivity index (χ2n) is 8.88. The third-order valence-electron chi connectivity index (χ3n) is 5.55. The van der Waals surface area contributed by atoms with Gasteiger partial charge in [0, 0.05) is 32.6 Å². The lowest BCUT2D eigenvalue weighted by Gasteiger charge is -2.27. The van der Waals surface area contributed by atoms with Gasteiger partial charge in [0.15, 0.2) is 0 Å². The summed E-state index contributed by atoms with van der Waals surface area (Å²) >= 11 is 0. The van der Waals surface area contributed by atoms with Crippen molar-refractivity contribution in [2.75, 3.05) is 26.3 Å². The maximum absolute atomic E-state index is 12.4. The monoisotopic (exact) mass is 394 g/mol. The van der Waals surface area contributed by atoms with E-state index < -0.39 is 0 Å². The molecule has 2 aromatic rings. The van der Waals surface area contributed by atoms with Gasteiger partial charge in [0.25, 0.3) is 0 Å². The molecule has 4 nitrogen and oxygen atoms in total. The lowest BCUT2D eigenvalue weighted by molar-refractivity contribution is -0.121. The van der Waals surface area contributed by atoms with Crippen LogP contribution in [0, 0.1) is 0 Å². The number of benzene rings is 2. The molecule has 1 saturated heterocycles. The van der Waals surface area contributed by atoms with E-state index in [-0.39, 0.29) is 11.3 Å². The van der Waals surface area contributed by atoms with Crippen LogP contribution in [0.3, 0.4) is 0 Å². The molecule has 4 heteroatoms. The Balaban J connectivity index is 1.48. The predicted molar refractivity (Wildman–Crippen MR) is 118 cm³/mol. The largest absolute Gasteiger partial charge is 0.379 e. The van der Waals surface area contributed by atoms with E-state index >= 15 is 0 Å². The highest BCUT2D eigenvalue weighted by Crippen LogP contribution is 2.22. The van der Waals surface area contributed by atoms with Gasteiger partial charge in [-0.15, -0.1) is 0 Å². The van der Waals surface area contributed by atoms with Gasteiger partial charge in [-0.1, -0.05) is 69.3 Å². The summed E-state index contributed by atoms with van der Waals surface area (Å²) in [4.78, 5) is 14.8. The summed E-state index contributed by atoms with van der Waals surface area (Å²) in [7, 11) is 0. The summed E-state index contributed by atoms with van der Waals surface area (Å²) in [6.07, 6.45) is 1.28. The second-order valence-corrected chi connectivity index (χ2v) is 8.88. The topological polar surface area (TPSA) is 41.6 Å². The number of rotatable bonds is 7. The molecule has 2 aromatic carbocycles. The molecule has 0 radical (unpaired) electrons. The molecular formula is C25H34N2O2. The van der Waals surface area contributed by atoms with Gasteiger partial charge < -0.3 is 10.1 Å². The second kappa shape index (κ2) is 10.0. The summed E-state index contributed by atoms with van der Waals surface area (Å²) in [6, 6.07) is 17.0. The maximum Gasteiger partial charge on any atom is 0.220 e. The Bertz CT molecular complexity index is 787. The highest BCUT2D eigenvalue weighted by atomic mass is 16.5. The number of ether oxygens (including phenoxy) is 1. The van der Waals surface area contributed by atoms with Crippen molar-refractivity contribution in [1.29, 1.82) is 0 Å². The number of morpholine rings is 1.